The molecule has 0 aliphatic rings. The normalized spacial score (nSPS) is 6.90. The Labute approximate surface area is 64.5 Å². The van der Waals surface area contributed by atoms with E-state index in [-0.39, 0.29) is 5.17 Å². The lowest BCUT2D eigenvalue weighted by Crippen LogP contribution is -2.18. The summed E-state index contributed by atoms with van der Waals surface area (Å²) in [5, 5.41) is 0.123. The second kappa shape index (κ2) is 7.96. The first-order valence-electron chi connectivity index (χ1n) is 2.47. The molecule has 0 fully saturated rings. The number of hydrogen-bond acceptors (Lipinski definition) is 3. The maximum absolute atomic E-state index is 9.00. The largest absolute Gasteiger partial charge is 0.472 e. The fourth-order valence-electron chi connectivity index (χ4n) is 0.142. The summed E-state index contributed by atoms with van der Waals surface area (Å²) in [5.41, 5.74) is 13.4. The van der Waals surface area contributed by atoms with E-state index in [9.17, 15) is 0 Å². The summed E-state index contributed by atoms with van der Waals surface area (Å²) < 4.78 is 4.55. The molecular weight excluding hydrogens is 154 g/mol. The fourth-order valence-corrected chi connectivity index (χ4v) is 0.260. The van der Waals surface area contributed by atoms with Crippen LogP contribution in [0.4, 0.5) is 4.79 Å². The molecule has 0 aliphatic heterocycles. The third kappa shape index (κ3) is 64.4. The minimum absolute atomic E-state index is 0.123. The van der Waals surface area contributed by atoms with E-state index in [0.29, 0.717) is 6.61 Å². The molecule has 0 spiro atoms. The van der Waals surface area contributed by atoms with Crippen molar-refractivity contribution in [1.82, 2.24) is 0 Å². The first kappa shape index (κ1) is 11.7. The van der Waals surface area contributed by atoms with Gasteiger partial charge in [-0.25, -0.2) is 4.79 Å². The third-order valence-electron chi connectivity index (χ3n) is 0.287. The molecule has 6 N–H and O–H groups in total. The smallest absolute Gasteiger partial charge is 0.309 e. The minimum Gasteiger partial charge on any atom is -0.472 e. The van der Waals surface area contributed by atoms with Crippen LogP contribution in [0.25, 0.3) is 0 Å². The summed E-state index contributed by atoms with van der Waals surface area (Å²) in [6, 6.07) is -0.833. The predicted octanol–water partition coefficient (Wildman–Crippen LogP) is -0.710. The molecule has 0 heterocycles. The second-order valence-corrected chi connectivity index (χ2v) is 1.56. The quantitative estimate of drug-likeness (QED) is 0.446. The predicted molar refractivity (Wildman–Crippen MR) is 42.2 cm³/mol. The molecule has 0 aliphatic carbocycles. The number of ether oxygens (including phenoxy) is 1. The molecule has 0 bridgehead atoms. The van der Waals surface area contributed by atoms with Crippen molar-refractivity contribution < 1.29 is 9.53 Å². The zero-order valence-electron chi connectivity index (χ0n) is 5.66. The topological polar surface area (TPSA) is 104 Å². The van der Waals surface area contributed by atoms with Gasteiger partial charge in [0.25, 0.3) is 5.17 Å². The van der Waals surface area contributed by atoms with E-state index in [1.165, 1.54) is 0 Å². The van der Waals surface area contributed by atoms with Crippen molar-refractivity contribution in [2.24, 2.45) is 17.2 Å². The lowest BCUT2D eigenvalue weighted by molar-refractivity contribution is 0.256. The number of rotatable bonds is 1. The number of nitrogens with two attached hydrogens (primary N) is 3. The van der Waals surface area contributed by atoms with E-state index in [2.05, 4.69) is 28.4 Å². The van der Waals surface area contributed by atoms with Gasteiger partial charge in [0.1, 0.15) is 0 Å². The fraction of sp³-hybridized carbons (Fsp3) is 0.500. The molecule has 0 radical (unpaired) electrons. The molecule has 0 aromatic rings. The van der Waals surface area contributed by atoms with Crippen LogP contribution in [0.5, 0.6) is 0 Å². The Kier molecular flexibility index (Phi) is 9.33. The number of thiocarbonyl (C=S) groups is 1. The van der Waals surface area contributed by atoms with E-state index in [1.807, 2.05) is 6.92 Å². The van der Waals surface area contributed by atoms with Crippen LogP contribution >= 0.6 is 12.2 Å². The molecule has 10 heavy (non-hydrogen) atoms. The van der Waals surface area contributed by atoms with Gasteiger partial charge in [0.2, 0.25) is 0 Å². The first-order valence-corrected chi connectivity index (χ1v) is 2.88. The van der Waals surface area contributed by atoms with Crippen molar-refractivity contribution in [2.45, 2.75) is 6.92 Å². The summed E-state index contributed by atoms with van der Waals surface area (Å²) in [4.78, 5) is 9.00. The Bertz CT molecular complexity index is 113. The highest BCUT2D eigenvalue weighted by molar-refractivity contribution is 7.80. The highest BCUT2D eigenvalue weighted by atomic mass is 32.1. The second-order valence-electron chi connectivity index (χ2n) is 1.15. The van der Waals surface area contributed by atoms with Gasteiger partial charge >= 0.3 is 6.03 Å². The van der Waals surface area contributed by atoms with Crippen LogP contribution in [0.2, 0.25) is 0 Å². The van der Waals surface area contributed by atoms with Crippen LogP contribution in [-0.2, 0) is 4.74 Å². The zero-order chi connectivity index (χ0) is 8.57. The summed E-state index contributed by atoms with van der Waals surface area (Å²) in [7, 11) is 0. The number of carbonyl (C=O) groups excluding carboxylic acids is 1. The number of urea groups is 1. The van der Waals surface area contributed by atoms with Crippen LogP contribution in [0.1, 0.15) is 6.92 Å². The Balaban J connectivity index is 0. The van der Waals surface area contributed by atoms with Crippen molar-refractivity contribution in [3.63, 3.8) is 0 Å². The lowest BCUT2D eigenvalue weighted by atomic mass is 10.9. The summed E-state index contributed by atoms with van der Waals surface area (Å²) in [6.07, 6.45) is 0. The number of primary amides is 2. The van der Waals surface area contributed by atoms with Crippen molar-refractivity contribution in [3.8, 4) is 0 Å². The molecule has 0 atom stereocenters. The molecule has 6 heteroatoms. The Hall–Kier alpha value is -1.04. The SMILES string of the molecule is CCOC(N)=S.NC(N)=O. The van der Waals surface area contributed by atoms with Gasteiger partial charge in [0, 0.05) is 0 Å². The summed E-state index contributed by atoms with van der Waals surface area (Å²) >= 11 is 4.35. The van der Waals surface area contributed by atoms with Crippen LogP contribution in [0.15, 0.2) is 0 Å². The number of carbonyl (C=O) groups is 1. The molecule has 2 amide bonds. The molecule has 0 unspecified atom stereocenters. The summed E-state index contributed by atoms with van der Waals surface area (Å²) in [6.45, 7) is 2.40. The van der Waals surface area contributed by atoms with Gasteiger partial charge in [0.15, 0.2) is 0 Å². The maximum atomic E-state index is 9.00. The van der Waals surface area contributed by atoms with Gasteiger partial charge in [-0.3, -0.25) is 0 Å². The molecule has 60 valence electrons. The van der Waals surface area contributed by atoms with Crippen LogP contribution in [0, 0.1) is 0 Å². The molecular formula is C4H11N3O2S. The Morgan fingerprint density at radius 1 is 1.50 bits per heavy atom. The zero-order valence-corrected chi connectivity index (χ0v) is 6.48. The van der Waals surface area contributed by atoms with Crippen molar-refractivity contribution in [3.05, 3.63) is 0 Å². The maximum Gasteiger partial charge on any atom is 0.309 e. The average molecular weight is 165 g/mol. The van der Waals surface area contributed by atoms with E-state index in [0.717, 1.165) is 0 Å². The highest BCUT2D eigenvalue weighted by Crippen LogP contribution is 1.67. The Morgan fingerprint density at radius 2 is 1.80 bits per heavy atom. The van der Waals surface area contributed by atoms with Gasteiger partial charge in [-0.1, -0.05) is 0 Å². The average Bonchev–Trinajstić information content (AvgIpc) is 1.62. The third-order valence-corrected chi connectivity index (χ3v) is 0.404. The van der Waals surface area contributed by atoms with E-state index < -0.39 is 6.03 Å². The standard InChI is InChI=1S/C3H7NOS.CH4N2O/c1-2-5-3(4)6;2-1(3)4/h2H2,1H3,(H2,4,6);(H4,2,3,4). The van der Waals surface area contributed by atoms with Crippen molar-refractivity contribution in [2.75, 3.05) is 6.61 Å². The van der Waals surface area contributed by atoms with Gasteiger partial charge in [0.05, 0.1) is 6.61 Å². The van der Waals surface area contributed by atoms with Crippen molar-refractivity contribution in [1.29, 1.82) is 0 Å². The first-order chi connectivity index (χ1) is 4.50. The van der Waals surface area contributed by atoms with E-state index >= 15 is 0 Å². The van der Waals surface area contributed by atoms with E-state index in [4.69, 9.17) is 10.5 Å². The lowest BCUT2D eigenvalue weighted by Gasteiger charge is -1.93. The monoisotopic (exact) mass is 165 g/mol. The molecule has 0 saturated carbocycles. The van der Waals surface area contributed by atoms with Gasteiger partial charge in [-0.2, -0.15) is 0 Å². The molecule has 0 aromatic carbocycles. The highest BCUT2D eigenvalue weighted by Gasteiger charge is 1.76. The summed E-state index contributed by atoms with van der Waals surface area (Å²) in [5.74, 6) is 0. The number of hydrogen-bond donors (Lipinski definition) is 3. The van der Waals surface area contributed by atoms with Crippen LogP contribution in [0.3, 0.4) is 0 Å². The molecule has 0 aromatic heterocycles. The molecule has 5 nitrogen and oxygen atoms in total. The van der Waals surface area contributed by atoms with Gasteiger partial charge < -0.3 is 21.9 Å². The van der Waals surface area contributed by atoms with Gasteiger partial charge in [-0.15, -0.1) is 0 Å². The molecule has 0 saturated heterocycles. The minimum atomic E-state index is -0.833. The van der Waals surface area contributed by atoms with Crippen LogP contribution < -0.4 is 17.2 Å². The number of amides is 2. The van der Waals surface area contributed by atoms with Crippen molar-refractivity contribution >= 4 is 23.4 Å². The molecule has 0 rings (SSSR count). The van der Waals surface area contributed by atoms with E-state index in [1.54, 1.807) is 0 Å². The van der Waals surface area contributed by atoms with Crippen LogP contribution in [-0.4, -0.2) is 17.8 Å². The Morgan fingerprint density at radius 3 is 1.80 bits per heavy atom. The van der Waals surface area contributed by atoms with Gasteiger partial charge in [-0.05, 0) is 19.1 Å².